The summed E-state index contributed by atoms with van der Waals surface area (Å²) in [5, 5.41) is 2.72. The van der Waals surface area contributed by atoms with Gasteiger partial charge < -0.3 is 14.8 Å². The molecule has 1 aliphatic heterocycles. The molecule has 0 saturated carbocycles. The van der Waals surface area contributed by atoms with Crippen molar-refractivity contribution < 1.29 is 18.7 Å². The SMILES string of the molecule is O=C(COc1ccc(F)c(Cl)c1)NCC1CCCCO1. The first-order valence-corrected chi connectivity index (χ1v) is 6.99. The summed E-state index contributed by atoms with van der Waals surface area (Å²) in [4.78, 5) is 11.6. The van der Waals surface area contributed by atoms with E-state index in [0.29, 0.717) is 12.3 Å². The van der Waals surface area contributed by atoms with Crippen LogP contribution in [0.25, 0.3) is 0 Å². The van der Waals surface area contributed by atoms with E-state index in [4.69, 9.17) is 21.1 Å². The maximum atomic E-state index is 12.9. The Labute approximate surface area is 122 Å². The van der Waals surface area contributed by atoms with Gasteiger partial charge in [0.05, 0.1) is 11.1 Å². The molecule has 1 amide bonds. The highest BCUT2D eigenvalue weighted by Gasteiger charge is 2.14. The van der Waals surface area contributed by atoms with E-state index in [1.807, 2.05) is 0 Å². The molecule has 1 N–H and O–H groups in total. The van der Waals surface area contributed by atoms with Crippen molar-refractivity contribution in [3.63, 3.8) is 0 Å². The smallest absolute Gasteiger partial charge is 0.258 e. The van der Waals surface area contributed by atoms with Gasteiger partial charge in [0.1, 0.15) is 11.6 Å². The first-order chi connectivity index (χ1) is 9.65. The van der Waals surface area contributed by atoms with Crippen LogP contribution in [-0.2, 0) is 9.53 Å². The van der Waals surface area contributed by atoms with Crippen LogP contribution in [0, 0.1) is 5.82 Å². The summed E-state index contributed by atoms with van der Waals surface area (Å²) in [6.07, 6.45) is 3.27. The fourth-order valence-corrected chi connectivity index (χ4v) is 2.13. The van der Waals surface area contributed by atoms with E-state index < -0.39 is 5.82 Å². The molecule has 4 nitrogen and oxygen atoms in total. The monoisotopic (exact) mass is 301 g/mol. The van der Waals surface area contributed by atoms with E-state index in [2.05, 4.69) is 5.32 Å². The zero-order chi connectivity index (χ0) is 14.4. The molecule has 1 saturated heterocycles. The molecule has 6 heteroatoms. The molecule has 1 unspecified atom stereocenters. The van der Waals surface area contributed by atoms with Crippen molar-refractivity contribution in [3.05, 3.63) is 29.0 Å². The number of hydrogen-bond acceptors (Lipinski definition) is 3. The fraction of sp³-hybridized carbons (Fsp3) is 0.500. The molecule has 20 heavy (non-hydrogen) atoms. The lowest BCUT2D eigenvalue weighted by atomic mass is 10.1. The Kier molecular flexibility index (Phi) is 5.61. The number of nitrogens with one attached hydrogen (secondary N) is 1. The fourth-order valence-electron chi connectivity index (χ4n) is 1.96. The van der Waals surface area contributed by atoms with Gasteiger partial charge in [0, 0.05) is 19.2 Å². The molecule has 0 aromatic heterocycles. The van der Waals surface area contributed by atoms with E-state index in [-0.39, 0.29) is 23.6 Å². The van der Waals surface area contributed by atoms with Gasteiger partial charge in [-0.15, -0.1) is 0 Å². The van der Waals surface area contributed by atoms with Gasteiger partial charge in [-0.25, -0.2) is 4.39 Å². The summed E-state index contributed by atoms with van der Waals surface area (Å²) in [5.74, 6) is -0.391. The van der Waals surface area contributed by atoms with Crippen LogP contribution in [0.3, 0.4) is 0 Å². The number of rotatable bonds is 5. The van der Waals surface area contributed by atoms with E-state index in [1.165, 1.54) is 18.2 Å². The highest BCUT2D eigenvalue weighted by Crippen LogP contribution is 2.20. The van der Waals surface area contributed by atoms with Gasteiger partial charge in [-0.3, -0.25) is 4.79 Å². The molecule has 0 bridgehead atoms. The van der Waals surface area contributed by atoms with Crippen LogP contribution in [0.5, 0.6) is 5.75 Å². The van der Waals surface area contributed by atoms with Crippen LogP contribution in [-0.4, -0.2) is 31.8 Å². The van der Waals surface area contributed by atoms with Crippen LogP contribution in [0.1, 0.15) is 19.3 Å². The summed E-state index contributed by atoms with van der Waals surface area (Å²) < 4.78 is 23.7. The maximum Gasteiger partial charge on any atom is 0.258 e. The lowest BCUT2D eigenvalue weighted by molar-refractivity contribution is -0.124. The van der Waals surface area contributed by atoms with Crippen molar-refractivity contribution in [2.24, 2.45) is 0 Å². The molecule has 0 spiro atoms. The minimum absolute atomic E-state index is 0.0292. The second-order valence-electron chi connectivity index (χ2n) is 4.66. The molecule has 1 aromatic rings. The van der Waals surface area contributed by atoms with E-state index in [1.54, 1.807) is 0 Å². The Morgan fingerprint density at radius 2 is 2.35 bits per heavy atom. The molecule has 110 valence electrons. The zero-order valence-electron chi connectivity index (χ0n) is 11.0. The van der Waals surface area contributed by atoms with Crippen molar-refractivity contribution in [1.82, 2.24) is 5.32 Å². The van der Waals surface area contributed by atoms with E-state index >= 15 is 0 Å². The Morgan fingerprint density at radius 3 is 3.05 bits per heavy atom. The lowest BCUT2D eigenvalue weighted by Gasteiger charge is -2.22. The third-order valence-corrected chi connectivity index (χ3v) is 3.35. The number of ether oxygens (including phenoxy) is 2. The number of carbonyl (C=O) groups is 1. The molecule has 0 aliphatic carbocycles. The second-order valence-corrected chi connectivity index (χ2v) is 5.06. The van der Waals surface area contributed by atoms with Gasteiger partial charge in [0.2, 0.25) is 0 Å². The van der Waals surface area contributed by atoms with Gasteiger partial charge in [-0.05, 0) is 31.4 Å². The molecule has 1 atom stereocenters. The third-order valence-electron chi connectivity index (χ3n) is 3.06. The average molecular weight is 302 g/mol. The normalized spacial score (nSPS) is 18.6. The highest BCUT2D eigenvalue weighted by molar-refractivity contribution is 6.30. The van der Waals surface area contributed by atoms with Gasteiger partial charge >= 0.3 is 0 Å². The quantitative estimate of drug-likeness (QED) is 0.909. The number of carbonyl (C=O) groups excluding carboxylic acids is 1. The van der Waals surface area contributed by atoms with Gasteiger partial charge in [0.15, 0.2) is 6.61 Å². The average Bonchev–Trinajstić information content (AvgIpc) is 2.47. The number of amides is 1. The van der Waals surface area contributed by atoms with E-state index in [0.717, 1.165) is 25.9 Å². The minimum atomic E-state index is -0.516. The molecule has 0 radical (unpaired) electrons. The molecule has 2 rings (SSSR count). The number of hydrogen-bond donors (Lipinski definition) is 1. The topological polar surface area (TPSA) is 47.6 Å². The van der Waals surface area contributed by atoms with Crippen molar-refractivity contribution in [2.45, 2.75) is 25.4 Å². The molecule has 1 heterocycles. The standard InChI is InChI=1S/C14H17ClFNO3/c15-12-7-10(4-5-13(12)16)20-9-14(18)17-8-11-3-1-2-6-19-11/h4-5,7,11H,1-3,6,8-9H2,(H,17,18). The Bertz CT molecular complexity index is 464. The van der Waals surface area contributed by atoms with Crippen LogP contribution >= 0.6 is 11.6 Å². The van der Waals surface area contributed by atoms with E-state index in [9.17, 15) is 9.18 Å². The lowest BCUT2D eigenvalue weighted by Crippen LogP contribution is -2.37. The van der Waals surface area contributed by atoms with Gasteiger partial charge in [-0.2, -0.15) is 0 Å². The maximum absolute atomic E-state index is 12.9. The predicted octanol–water partition coefficient (Wildman–Crippen LogP) is 2.54. The second kappa shape index (κ2) is 7.45. The summed E-state index contributed by atoms with van der Waals surface area (Å²) in [7, 11) is 0. The van der Waals surface area contributed by atoms with Crippen molar-refractivity contribution >= 4 is 17.5 Å². The Hall–Kier alpha value is -1.33. The van der Waals surface area contributed by atoms with Gasteiger partial charge in [0.25, 0.3) is 5.91 Å². The third kappa shape index (κ3) is 4.65. The zero-order valence-corrected chi connectivity index (χ0v) is 11.8. The number of halogens is 2. The van der Waals surface area contributed by atoms with Crippen molar-refractivity contribution in [1.29, 1.82) is 0 Å². The predicted molar refractivity (Wildman–Crippen MR) is 73.5 cm³/mol. The molecule has 1 fully saturated rings. The molecular weight excluding hydrogens is 285 g/mol. The van der Waals surface area contributed by atoms with Crippen molar-refractivity contribution in [3.8, 4) is 5.75 Å². The largest absolute Gasteiger partial charge is 0.484 e. The van der Waals surface area contributed by atoms with Crippen LogP contribution < -0.4 is 10.1 Å². The summed E-state index contributed by atoms with van der Waals surface area (Å²) >= 11 is 5.62. The summed E-state index contributed by atoms with van der Waals surface area (Å²) in [6, 6.07) is 3.97. The van der Waals surface area contributed by atoms with Crippen molar-refractivity contribution in [2.75, 3.05) is 19.8 Å². The van der Waals surface area contributed by atoms with Crippen LogP contribution in [0.2, 0.25) is 5.02 Å². The Balaban J connectivity index is 1.70. The highest BCUT2D eigenvalue weighted by atomic mass is 35.5. The number of benzene rings is 1. The Morgan fingerprint density at radius 1 is 1.50 bits per heavy atom. The summed E-state index contributed by atoms with van der Waals surface area (Å²) in [5.41, 5.74) is 0. The first-order valence-electron chi connectivity index (χ1n) is 6.61. The molecule has 1 aromatic carbocycles. The van der Waals surface area contributed by atoms with Crippen LogP contribution in [0.4, 0.5) is 4.39 Å². The van der Waals surface area contributed by atoms with Gasteiger partial charge in [-0.1, -0.05) is 11.6 Å². The summed E-state index contributed by atoms with van der Waals surface area (Å²) in [6.45, 7) is 1.12. The molecular formula is C14H17ClFNO3. The first kappa shape index (κ1) is 15.1. The minimum Gasteiger partial charge on any atom is -0.484 e. The molecule has 1 aliphatic rings. The van der Waals surface area contributed by atoms with Crippen LogP contribution in [0.15, 0.2) is 18.2 Å².